The van der Waals surface area contributed by atoms with Gasteiger partial charge in [0.2, 0.25) is 5.91 Å². The van der Waals surface area contributed by atoms with Crippen LogP contribution in [0.15, 0.2) is 85.1 Å². The molecule has 2 aliphatic rings. The standard InChI is InChI=1S/C38H42F2N4O5/c1-26(45)38(47)44(22-29-18-35(46)43(21-29)25-49-24-28-10-6-3-7-11-28)36(30-14-16-48-17-15-30)37-41-34(32-19-31(39)12-13-33(32)40)23-42(37)20-27-8-4-2-5-9-27/h2-13,19,23,26,29-30,36,45H,14-18,20-22,24-25H2,1H3/t26-,29?,36+/m0/s1. The van der Waals surface area contributed by atoms with Gasteiger partial charge in [0, 0.05) is 56.9 Å². The number of nitrogens with zero attached hydrogens (tertiary/aromatic N) is 4. The molecule has 3 heterocycles. The second-order valence-electron chi connectivity index (χ2n) is 12.9. The number of carbonyl (C=O) groups is 2. The Morgan fingerprint density at radius 3 is 2.43 bits per heavy atom. The van der Waals surface area contributed by atoms with E-state index in [0.717, 1.165) is 29.3 Å². The normalized spacial score (nSPS) is 18.1. The highest BCUT2D eigenvalue weighted by atomic mass is 19.1. The molecule has 49 heavy (non-hydrogen) atoms. The van der Waals surface area contributed by atoms with Crippen LogP contribution in [0.4, 0.5) is 8.78 Å². The lowest BCUT2D eigenvalue weighted by molar-refractivity contribution is -0.145. The number of imidazole rings is 1. The highest BCUT2D eigenvalue weighted by molar-refractivity contribution is 5.81. The fourth-order valence-electron chi connectivity index (χ4n) is 6.84. The number of hydrogen-bond acceptors (Lipinski definition) is 6. The predicted molar refractivity (Wildman–Crippen MR) is 179 cm³/mol. The summed E-state index contributed by atoms with van der Waals surface area (Å²) in [7, 11) is 0. The molecule has 2 saturated heterocycles. The Hall–Kier alpha value is -4.45. The molecule has 0 spiro atoms. The van der Waals surface area contributed by atoms with Crippen LogP contribution in [0, 0.1) is 23.5 Å². The van der Waals surface area contributed by atoms with Crippen LogP contribution in [0.25, 0.3) is 11.3 Å². The zero-order chi connectivity index (χ0) is 34.3. The summed E-state index contributed by atoms with van der Waals surface area (Å²) in [5, 5.41) is 10.7. The van der Waals surface area contributed by atoms with E-state index in [0.29, 0.717) is 51.6 Å². The number of hydrogen-bond donors (Lipinski definition) is 1. The molecule has 0 radical (unpaired) electrons. The molecule has 6 rings (SSSR count). The van der Waals surface area contributed by atoms with Gasteiger partial charge in [0.25, 0.3) is 5.91 Å². The zero-order valence-corrected chi connectivity index (χ0v) is 27.6. The van der Waals surface area contributed by atoms with Crippen molar-refractivity contribution in [3.8, 4) is 11.3 Å². The Bertz CT molecular complexity index is 1710. The summed E-state index contributed by atoms with van der Waals surface area (Å²) in [6, 6.07) is 22.0. The maximum Gasteiger partial charge on any atom is 0.251 e. The Kier molecular flexibility index (Phi) is 11.1. The Labute approximate surface area is 285 Å². The summed E-state index contributed by atoms with van der Waals surface area (Å²) in [5.74, 6) is -1.61. The summed E-state index contributed by atoms with van der Waals surface area (Å²) in [5.41, 5.74) is 2.21. The van der Waals surface area contributed by atoms with E-state index in [4.69, 9.17) is 14.5 Å². The number of likely N-dealkylation sites (tertiary alicyclic amines) is 1. The molecule has 0 bridgehead atoms. The highest BCUT2D eigenvalue weighted by Gasteiger charge is 2.41. The van der Waals surface area contributed by atoms with Gasteiger partial charge in [-0.05, 0) is 55.0 Å². The maximum absolute atomic E-state index is 15.1. The lowest BCUT2D eigenvalue weighted by atomic mass is 9.88. The molecule has 3 atom stereocenters. The van der Waals surface area contributed by atoms with Crippen LogP contribution in [0.1, 0.15) is 49.2 Å². The van der Waals surface area contributed by atoms with Crippen LogP contribution in [0.3, 0.4) is 0 Å². The van der Waals surface area contributed by atoms with Crippen molar-refractivity contribution in [2.45, 2.75) is 51.5 Å². The number of amides is 2. The number of aromatic nitrogens is 2. The molecule has 2 fully saturated rings. The highest BCUT2D eigenvalue weighted by Crippen LogP contribution is 2.38. The number of rotatable bonds is 13. The van der Waals surface area contributed by atoms with E-state index in [1.54, 1.807) is 16.0 Å². The molecule has 1 unspecified atom stereocenters. The molecule has 1 aromatic heterocycles. The van der Waals surface area contributed by atoms with Crippen molar-refractivity contribution in [2.24, 2.45) is 11.8 Å². The molecule has 1 N–H and O–H groups in total. The average Bonchev–Trinajstić information content (AvgIpc) is 3.68. The fourth-order valence-corrected chi connectivity index (χ4v) is 6.84. The summed E-state index contributed by atoms with van der Waals surface area (Å²) in [4.78, 5) is 35.4. The van der Waals surface area contributed by atoms with Crippen LogP contribution in [0.2, 0.25) is 0 Å². The van der Waals surface area contributed by atoms with Gasteiger partial charge in [-0.3, -0.25) is 9.59 Å². The van der Waals surface area contributed by atoms with Gasteiger partial charge in [0.05, 0.1) is 18.3 Å². The van der Waals surface area contributed by atoms with Crippen LogP contribution in [-0.2, 0) is 32.2 Å². The monoisotopic (exact) mass is 672 g/mol. The third kappa shape index (κ3) is 8.41. The molecule has 2 aliphatic heterocycles. The van der Waals surface area contributed by atoms with E-state index in [9.17, 15) is 19.1 Å². The SMILES string of the molecule is C[C@H](O)C(=O)N(CC1CC(=O)N(COCc2ccccc2)C1)[C@@H](c1nc(-c2cc(F)ccc2F)cn1Cc1ccccc1)C1CCOCC1. The molecule has 2 amide bonds. The first kappa shape index (κ1) is 34.4. The Morgan fingerprint density at radius 2 is 1.73 bits per heavy atom. The number of aliphatic hydroxyl groups excluding tert-OH is 1. The lowest BCUT2D eigenvalue weighted by Crippen LogP contribution is -2.47. The first-order valence-corrected chi connectivity index (χ1v) is 16.8. The van der Waals surface area contributed by atoms with Crippen LogP contribution >= 0.6 is 0 Å². The van der Waals surface area contributed by atoms with Gasteiger partial charge in [0.15, 0.2) is 0 Å². The van der Waals surface area contributed by atoms with Crippen molar-refractivity contribution in [3.05, 3.63) is 114 Å². The predicted octanol–water partition coefficient (Wildman–Crippen LogP) is 5.58. The van der Waals surface area contributed by atoms with Gasteiger partial charge < -0.3 is 28.9 Å². The molecule has 11 heteroatoms. The molecule has 0 aliphatic carbocycles. The van der Waals surface area contributed by atoms with Crippen molar-refractivity contribution in [3.63, 3.8) is 0 Å². The quantitative estimate of drug-likeness (QED) is 0.199. The average molecular weight is 673 g/mol. The van der Waals surface area contributed by atoms with Gasteiger partial charge in [-0.2, -0.15) is 0 Å². The summed E-state index contributed by atoms with van der Waals surface area (Å²) in [6.07, 6.45) is 1.85. The smallest absolute Gasteiger partial charge is 0.251 e. The molecule has 4 aromatic rings. The van der Waals surface area contributed by atoms with E-state index in [-0.39, 0.29) is 48.7 Å². The molecule has 9 nitrogen and oxygen atoms in total. The van der Waals surface area contributed by atoms with Gasteiger partial charge >= 0.3 is 0 Å². The maximum atomic E-state index is 15.1. The van der Waals surface area contributed by atoms with Crippen molar-refractivity contribution in [1.29, 1.82) is 0 Å². The van der Waals surface area contributed by atoms with E-state index in [1.165, 1.54) is 6.92 Å². The van der Waals surface area contributed by atoms with Crippen LogP contribution in [0.5, 0.6) is 0 Å². The van der Waals surface area contributed by atoms with Crippen molar-refractivity contribution >= 4 is 11.8 Å². The first-order chi connectivity index (χ1) is 23.8. The third-order valence-electron chi connectivity index (χ3n) is 9.27. The van der Waals surface area contributed by atoms with Crippen molar-refractivity contribution in [1.82, 2.24) is 19.4 Å². The lowest BCUT2D eigenvalue weighted by Gasteiger charge is -2.40. The van der Waals surface area contributed by atoms with Gasteiger partial charge in [-0.1, -0.05) is 60.7 Å². The molecule has 258 valence electrons. The third-order valence-corrected chi connectivity index (χ3v) is 9.27. The Morgan fingerprint density at radius 1 is 1.04 bits per heavy atom. The molecule has 3 aromatic carbocycles. The second-order valence-corrected chi connectivity index (χ2v) is 12.9. The van der Waals surface area contributed by atoms with Crippen LogP contribution in [-0.4, -0.2) is 75.4 Å². The van der Waals surface area contributed by atoms with E-state index >= 15 is 4.39 Å². The van der Waals surface area contributed by atoms with Gasteiger partial charge in [0.1, 0.15) is 30.3 Å². The minimum absolute atomic E-state index is 0.0136. The largest absolute Gasteiger partial charge is 0.384 e. The molecular weight excluding hydrogens is 630 g/mol. The van der Waals surface area contributed by atoms with Crippen molar-refractivity contribution in [2.75, 3.05) is 33.0 Å². The minimum atomic E-state index is -1.32. The number of aliphatic hydroxyl groups is 1. The topological polar surface area (TPSA) is 97.1 Å². The molecule has 0 saturated carbocycles. The van der Waals surface area contributed by atoms with E-state index < -0.39 is 29.7 Å². The van der Waals surface area contributed by atoms with E-state index in [2.05, 4.69) is 0 Å². The van der Waals surface area contributed by atoms with Crippen molar-refractivity contribution < 1.29 is 33.0 Å². The first-order valence-electron chi connectivity index (χ1n) is 16.8. The fraction of sp³-hybridized carbons (Fsp3) is 0.395. The summed E-state index contributed by atoms with van der Waals surface area (Å²) in [6.45, 7) is 3.83. The van der Waals surface area contributed by atoms with Gasteiger partial charge in [-0.25, -0.2) is 13.8 Å². The minimum Gasteiger partial charge on any atom is -0.384 e. The number of ether oxygens (including phenoxy) is 2. The summed E-state index contributed by atoms with van der Waals surface area (Å²) < 4.78 is 42.9. The summed E-state index contributed by atoms with van der Waals surface area (Å²) >= 11 is 0. The molecular formula is C38H42F2N4O5. The zero-order valence-electron chi connectivity index (χ0n) is 27.6. The van der Waals surface area contributed by atoms with Gasteiger partial charge in [-0.15, -0.1) is 0 Å². The number of benzene rings is 3. The second kappa shape index (κ2) is 15.8. The van der Waals surface area contributed by atoms with Crippen LogP contribution < -0.4 is 0 Å². The number of halogens is 2. The van der Waals surface area contributed by atoms with E-state index in [1.807, 2.05) is 65.2 Å². The Balaban J connectivity index is 1.34. The number of carbonyl (C=O) groups excluding carboxylic acids is 2.